The molecule has 1 rings (SSSR count). The molecule has 6 heteroatoms. The van der Waals surface area contributed by atoms with Crippen molar-refractivity contribution in [2.24, 2.45) is 0 Å². The Morgan fingerprint density at radius 3 is 2.47 bits per heavy atom. The molecule has 17 heavy (non-hydrogen) atoms. The van der Waals surface area contributed by atoms with Crippen LogP contribution >= 0.6 is 0 Å². The Hall–Kier alpha value is -0.980. The molecule has 0 unspecified atom stereocenters. The van der Waals surface area contributed by atoms with Gasteiger partial charge in [-0.2, -0.15) is 0 Å². The van der Waals surface area contributed by atoms with Gasteiger partial charge in [0.05, 0.1) is 11.5 Å². The fraction of sp³-hybridized carbons (Fsp3) is 0.455. The van der Waals surface area contributed by atoms with Crippen LogP contribution in [0.4, 0.5) is 4.39 Å². The van der Waals surface area contributed by atoms with E-state index in [1.165, 1.54) is 13.0 Å². The summed E-state index contributed by atoms with van der Waals surface area (Å²) in [6.07, 6.45) is 0. The predicted molar refractivity (Wildman–Crippen MR) is 62.5 cm³/mol. The van der Waals surface area contributed by atoms with E-state index in [0.717, 1.165) is 6.07 Å². The first-order valence-electron chi connectivity index (χ1n) is 5.20. The maximum atomic E-state index is 13.5. The van der Waals surface area contributed by atoms with E-state index in [1.807, 2.05) is 0 Å². The third kappa shape index (κ3) is 3.24. The molecule has 0 spiro atoms. The molecule has 96 valence electrons. The zero-order valence-corrected chi connectivity index (χ0v) is 10.8. The van der Waals surface area contributed by atoms with Crippen LogP contribution in [0.15, 0.2) is 17.0 Å². The van der Waals surface area contributed by atoms with E-state index in [0.29, 0.717) is 0 Å². The molecule has 0 aromatic heterocycles. The van der Waals surface area contributed by atoms with Crippen molar-refractivity contribution < 1.29 is 17.9 Å². The lowest BCUT2D eigenvalue weighted by Gasteiger charge is -2.12. The van der Waals surface area contributed by atoms with E-state index < -0.39 is 22.4 Å². The SMILES string of the molecule is Cc1cc(S(=O)(=O)NC(C)C)cc(CO)c1F. The molecule has 0 aliphatic carbocycles. The maximum absolute atomic E-state index is 13.5. The number of rotatable bonds is 4. The van der Waals surface area contributed by atoms with Crippen LogP contribution in [0.25, 0.3) is 0 Å². The van der Waals surface area contributed by atoms with Gasteiger partial charge in [0, 0.05) is 11.6 Å². The minimum absolute atomic E-state index is 0.0193. The van der Waals surface area contributed by atoms with Gasteiger partial charge in [0.1, 0.15) is 5.82 Å². The highest BCUT2D eigenvalue weighted by Crippen LogP contribution is 2.19. The number of aliphatic hydroxyl groups is 1. The molecule has 1 aromatic carbocycles. The molecule has 0 radical (unpaired) electrons. The van der Waals surface area contributed by atoms with Gasteiger partial charge < -0.3 is 5.11 Å². The van der Waals surface area contributed by atoms with E-state index in [-0.39, 0.29) is 22.1 Å². The molecule has 4 nitrogen and oxygen atoms in total. The highest BCUT2D eigenvalue weighted by molar-refractivity contribution is 7.89. The maximum Gasteiger partial charge on any atom is 0.240 e. The predicted octanol–water partition coefficient (Wildman–Crippen LogP) is 1.31. The third-order valence-corrected chi connectivity index (χ3v) is 3.81. The molecule has 2 N–H and O–H groups in total. The van der Waals surface area contributed by atoms with Gasteiger partial charge in [-0.15, -0.1) is 0 Å². The Bertz CT molecular complexity index is 512. The fourth-order valence-corrected chi connectivity index (χ4v) is 2.84. The van der Waals surface area contributed by atoms with Gasteiger partial charge in [-0.3, -0.25) is 0 Å². The summed E-state index contributed by atoms with van der Waals surface area (Å²) in [6.45, 7) is 4.32. The Kier molecular flexibility index (Phi) is 4.24. The average Bonchev–Trinajstić information content (AvgIpc) is 2.19. The molecule has 0 aliphatic heterocycles. The second-order valence-electron chi connectivity index (χ2n) is 4.15. The smallest absolute Gasteiger partial charge is 0.240 e. The Morgan fingerprint density at radius 1 is 1.41 bits per heavy atom. The van der Waals surface area contributed by atoms with Crippen LogP contribution in [-0.2, 0) is 16.6 Å². The lowest BCUT2D eigenvalue weighted by Crippen LogP contribution is -2.30. The van der Waals surface area contributed by atoms with Gasteiger partial charge in [-0.1, -0.05) is 0 Å². The third-order valence-electron chi connectivity index (χ3n) is 2.17. The first-order valence-corrected chi connectivity index (χ1v) is 6.68. The van der Waals surface area contributed by atoms with E-state index >= 15 is 0 Å². The van der Waals surface area contributed by atoms with Gasteiger partial charge in [0.15, 0.2) is 0 Å². The largest absolute Gasteiger partial charge is 0.392 e. The molecule has 0 heterocycles. The zero-order chi connectivity index (χ0) is 13.2. The van der Waals surface area contributed by atoms with E-state index in [1.54, 1.807) is 13.8 Å². The molecule has 0 saturated carbocycles. The molecule has 0 fully saturated rings. The Balaban J connectivity index is 3.29. The number of nitrogens with one attached hydrogen (secondary N) is 1. The molecular weight excluding hydrogens is 245 g/mol. The molecular formula is C11H16FNO3S. The molecule has 0 amide bonds. The van der Waals surface area contributed by atoms with Crippen LogP contribution in [0.3, 0.4) is 0 Å². The van der Waals surface area contributed by atoms with Crippen molar-refractivity contribution in [3.63, 3.8) is 0 Å². The number of aryl methyl sites for hydroxylation is 1. The second kappa shape index (κ2) is 5.12. The van der Waals surface area contributed by atoms with Crippen molar-refractivity contribution in [1.82, 2.24) is 4.72 Å². The number of sulfonamides is 1. The standard InChI is InChI=1S/C11H16FNO3S/c1-7(2)13-17(15,16)10-4-8(3)11(12)9(5-10)6-14/h4-5,7,13-14H,6H2,1-3H3. The lowest BCUT2D eigenvalue weighted by atomic mass is 10.1. The molecule has 0 bridgehead atoms. The first kappa shape index (κ1) is 14.1. The summed E-state index contributed by atoms with van der Waals surface area (Å²) in [4.78, 5) is -0.0332. The fourth-order valence-electron chi connectivity index (χ4n) is 1.46. The van der Waals surface area contributed by atoms with E-state index in [9.17, 15) is 12.8 Å². The van der Waals surface area contributed by atoms with Crippen molar-refractivity contribution in [2.45, 2.75) is 38.3 Å². The highest BCUT2D eigenvalue weighted by atomic mass is 32.2. The van der Waals surface area contributed by atoms with Crippen LogP contribution in [0.1, 0.15) is 25.0 Å². The summed E-state index contributed by atoms with van der Waals surface area (Å²) >= 11 is 0. The van der Waals surface area contributed by atoms with Crippen molar-refractivity contribution in [3.05, 3.63) is 29.1 Å². The number of aliphatic hydroxyl groups excluding tert-OH is 1. The summed E-state index contributed by atoms with van der Waals surface area (Å²) in [5, 5.41) is 8.96. The van der Waals surface area contributed by atoms with E-state index in [2.05, 4.69) is 4.72 Å². The molecule has 0 atom stereocenters. The van der Waals surface area contributed by atoms with Crippen LogP contribution < -0.4 is 4.72 Å². The van der Waals surface area contributed by atoms with Gasteiger partial charge in [0.25, 0.3) is 0 Å². The van der Waals surface area contributed by atoms with Crippen molar-refractivity contribution in [1.29, 1.82) is 0 Å². The highest BCUT2D eigenvalue weighted by Gasteiger charge is 2.18. The normalized spacial score (nSPS) is 12.1. The minimum atomic E-state index is -3.66. The first-order chi connectivity index (χ1) is 7.77. The second-order valence-corrected chi connectivity index (χ2v) is 5.86. The summed E-state index contributed by atoms with van der Waals surface area (Å²) in [7, 11) is -3.66. The summed E-state index contributed by atoms with van der Waals surface area (Å²) < 4.78 is 39.6. The van der Waals surface area contributed by atoms with Crippen LogP contribution in [-0.4, -0.2) is 19.6 Å². The Morgan fingerprint density at radius 2 is 2.00 bits per heavy atom. The average molecular weight is 261 g/mol. The lowest BCUT2D eigenvalue weighted by molar-refractivity contribution is 0.275. The van der Waals surface area contributed by atoms with Crippen molar-refractivity contribution in [2.75, 3.05) is 0 Å². The van der Waals surface area contributed by atoms with Crippen LogP contribution in [0, 0.1) is 12.7 Å². The van der Waals surface area contributed by atoms with Gasteiger partial charge in [-0.05, 0) is 38.5 Å². The molecule has 1 aromatic rings. The topological polar surface area (TPSA) is 66.4 Å². The number of hydrogen-bond donors (Lipinski definition) is 2. The van der Waals surface area contributed by atoms with Gasteiger partial charge >= 0.3 is 0 Å². The molecule has 0 saturated heterocycles. The Labute approximate surface area is 101 Å². The monoisotopic (exact) mass is 261 g/mol. The van der Waals surface area contributed by atoms with Crippen molar-refractivity contribution >= 4 is 10.0 Å². The minimum Gasteiger partial charge on any atom is -0.392 e. The van der Waals surface area contributed by atoms with Crippen LogP contribution in [0.2, 0.25) is 0 Å². The van der Waals surface area contributed by atoms with Crippen LogP contribution in [0.5, 0.6) is 0 Å². The summed E-state index contributed by atoms with van der Waals surface area (Å²) in [5.41, 5.74) is 0.176. The van der Waals surface area contributed by atoms with Gasteiger partial charge in [-0.25, -0.2) is 17.5 Å². The number of halogens is 1. The summed E-state index contributed by atoms with van der Waals surface area (Å²) in [6, 6.07) is 2.15. The quantitative estimate of drug-likeness (QED) is 0.859. The summed E-state index contributed by atoms with van der Waals surface area (Å²) in [5.74, 6) is -0.573. The van der Waals surface area contributed by atoms with Crippen molar-refractivity contribution in [3.8, 4) is 0 Å². The number of hydrogen-bond acceptors (Lipinski definition) is 3. The molecule has 0 aliphatic rings. The number of benzene rings is 1. The van der Waals surface area contributed by atoms with Gasteiger partial charge in [0.2, 0.25) is 10.0 Å². The zero-order valence-electron chi connectivity index (χ0n) is 9.99. The van der Waals surface area contributed by atoms with E-state index in [4.69, 9.17) is 5.11 Å².